The Bertz CT molecular complexity index is 546. The maximum atomic E-state index is 12.1. The lowest BCUT2D eigenvalue weighted by molar-refractivity contribution is 0.0689. The summed E-state index contributed by atoms with van der Waals surface area (Å²) in [7, 11) is 0. The second-order valence-electron chi connectivity index (χ2n) is 4.77. The maximum Gasteiger partial charge on any atom is 0.336 e. The molecule has 5 nitrogen and oxygen atoms in total. The fraction of sp³-hybridized carbons (Fsp3) is 0.357. The molecule has 2 N–H and O–H groups in total. The van der Waals surface area contributed by atoms with Crippen LogP contribution in [0.15, 0.2) is 24.3 Å². The quantitative estimate of drug-likeness (QED) is 0.866. The van der Waals surface area contributed by atoms with E-state index in [9.17, 15) is 9.59 Å². The topological polar surface area (TPSA) is 90.2 Å². The molecule has 5 heteroatoms. The van der Waals surface area contributed by atoms with Crippen LogP contribution in [0.5, 0.6) is 0 Å². The number of amides is 1. The number of carboxylic acid groups (broad SMARTS) is 1. The van der Waals surface area contributed by atoms with E-state index in [0.29, 0.717) is 0 Å². The van der Waals surface area contributed by atoms with Crippen LogP contribution in [0.1, 0.15) is 41.5 Å². The first-order valence-electron chi connectivity index (χ1n) is 5.88. The highest BCUT2D eigenvalue weighted by atomic mass is 16.4. The third kappa shape index (κ3) is 3.10. The average Bonchev–Trinajstić information content (AvgIpc) is 2.38. The van der Waals surface area contributed by atoms with Gasteiger partial charge in [-0.05, 0) is 25.0 Å². The molecule has 100 valence electrons. The number of benzene rings is 1. The van der Waals surface area contributed by atoms with E-state index >= 15 is 0 Å². The number of nitrogens with zero attached hydrogens (tertiary/aromatic N) is 1. The molecular formula is C14H16N2O3. The normalized spacial score (nSPS) is 13.4. The van der Waals surface area contributed by atoms with Crippen molar-refractivity contribution in [2.75, 3.05) is 0 Å². The monoisotopic (exact) mass is 260 g/mol. The van der Waals surface area contributed by atoms with E-state index in [2.05, 4.69) is 5.32 Å². The van der Waals surface area contributed by atoms with Crippen molar-refractivity contribution in [2.24, 2.45) is 5.92 Å². The summed E-state index contributed by atoms with van der Waals surface area (Å²) in [5.41, 5.74) is -1.07. The van der Waals surface area contributed by atoms with Gasteiger partial charge >= 0.3 is 5.97 Å². The molecule has 0 radical (unpaired) electrons. The van der Waals surface area contributed by atoms with Crippen molar-refractivity contribution in [3.8, 4) is 6.07 Å². The second kappa shape index (κ2) is 5.53. The minimum atomic E-state index is -1.17. The fourth-order valence-corrected chi connectivity index (χ4v) is 1.47. The highest BCUT2D eigenvalue weighted by Gasteiger charge is 2.31. The van der Waals surface area contributed by atoms with Gasteiger partial charge in [0.15, 0.2) is 0 Å². The third-order valence-electron chi connectivity index (χ3n) is 3.16. The molecule has 0 aliphatic rings. The number of hydrogen-bond donors (Lipinski definition) is 2. The molecule has 0 aliphatic heterocycles. The molecule has 19 heavy (non-hydrogen) atoms. The molecule has 0 heterocycles. The molecule has 0 saturated heterocycles. The van der Waals surface area contributed by atoms with E-state index in [0.717, 1.165) is 0 Å². The van der Waals surface area contributed by atoms with Crippen molar-refractivity contribution < 1.29 is 14.7 Å². The van der Waals surface area contributed by atoms with E-state index in [1.807, 2.05) is 19.9 Å². The van der Waals surface area contributed by atoms with Crippen LogP contribution in [0.3, 0.4) is 0 Å². The summed E-state index contributed by atoms with van der Waals surface area (Å²) < 4.78 is 0. The third-order valence-corrected chi connectivity index (χ3v) is 3.16. The van der Waals surface area contributed by atoms with Crippen molar-refractivity contribution in [3.05, 3.63) is 35.4 Å². The number of nitriles is 1. The Kier molecular flexibility index (Phi) is 4.28. The lowest BCUT2D eigenvalue weighted by Gasteiger charge is -2.27. The fourth-order valence-electron chi connectivity index (χ4n) is 1.47. The summed E-state index contributed by atoms with van der Waals surface area (Å²) in [4.78, 5) is 23.2. The molecule has 0 fully saturated rings. The Hall–Kier alpha value is -2.35. The zero-order valence-electron chi connectivity index (χ0n) is 11.1. The molecular weight excluding hydrogens is 244 g/mol. The van der Waals surface area contributed by atoms with Gasteiger partial charge in [0.2, 0.25) is 0 Å². The highest BCUT2D eigenvalue weighted by Crippen LogP contribution is 2.17. The van der Waals surface area contributed by atoms with E-state index in [4.69, 9.17) is 10.4 Å². The number of aromatic carboxylic acids is 1. The molecule has 0 aromatic heterocycles. The van der Waals surface area contributed by atoms with E-state index < -0.39 is 17.4 Å². The van der Waals surface area contributed by atoms with Crippen LogP contribution in [0.4, 0.5) is 0 Å². The summed E-state index contributed by atoms with van der Waals surface area (Å²) in [6.45, 7) is 5.23. The van der Waals surface area contributed by atoms with Gasteiger partial charge in [0, 0.05) is 0 Å². The zero-order chi connectivity index (χ0) is 14.6. The van der Waals surface area contributed by atoms with E-state index in [-0.39, 0.29) is 17.0 Å². The Balaban J connectivity index is 3.10. The van der Waals surface area contributed by atoms with Crippen LogP contribution in [-0.4, -0.2) is 22.5 Å². The summed E-state index contributed by atoms with van der Waals surface area (Å²) in [5.74, 6) is -1.83. The number of nitrogens with one attached hydrogen (secondary N) is 1. The van der Waals surface area contributed by atoms with Gasteiger partial charge in [-0.3, -0.25) is 4.79 Å². The molecule has 1 aromatic carbocycles. The average molecular weight is 260 g/mol. The van der Waals surface area contributed by atoms with Crippen LogP contribution in [0.25, 0.3) is 0 Å². The number of carbonyl (C=O) groups excluding carboxylic acids is 1. The summed E-state index contributed by atoms with van der Waals surface area (Å²) in [6.07, 6.45) is 0. The first kappa shape index (κ1) is 14.7. The zero-order valence-corrected chi connectivity index (χ0v) is 11.1. The number of carboxylic acids is 1. The molecule has 0 aliphatic carbocycles. The van der Waals surface area contributed by atoms with Crippen LogP contribution < -0.4 is 5.32 Å². The maximum absolute atomic E-state index is 12.1. The molecule has 1 amide bonds. The van der Waals surface area contributed by atoms with Crippen LogP contribution in [0.2, 0.25) is 0 Å². The smallest absolute Gasteiger partial charge is 0.336 e. The van der Waals surface area contributed by atoms with Gasteiger partial charge in [-0.1, -0.05) is 26.0 Å². The molecule has 1 unspecified atom stereocenters. The lowest BCUT2D eigenvalue weighted by Crippen LogP contribution is -2.49. The van der Waals surface area contributed by atoms with Gasteiger partial charge in [0.25, 0.3) is 5.91 Å². The van der Waals surface area contributed by atoms with E-state index in [1.165, 1.54) is 12.1 Å². The highest BCUT2D eigenvalue weighted by molar-refractivity contribution is 6.05. The largest absolute Gasteiger partial charge is 0.478 e. The van der Waals surface area contributed by atoms with Gasteiger partial charge < -0.3 is 10.4 Å². The number of hydrogen-bond acceptors (Lipinski definition) is 3. The number of rotatable bonds is 4. The van der Waals surface area contributed by atoms with Gasteiger partial charge in [-0.25, -0.2) is 4.79 Å². The standard InChI is InChI=1S/C14H16N2O3/c1-9(2)14(3,8-15)16-12(17)10-6-4-5-7-11(10)13(18)19/h4-7,9H,1-3H3,(H,16,17)(H,18,19). The van der Waals surface area contributed by atoms with Crippen molar-refractivity contribution in [3.63, 3.8) is 0 Å². The minimum Gasteiger partial charge on any atom is -0.478 e. The van der Waals surface area contributed by atoms with Gasteiger partial charge in [-0.15, -0.1) is 0 Å². The molecule has 0 bridgehead atoms. The Morgan fingerprint density at radius 2 is 1.84 bits per heavy atom. The Morgan fingerprint density at radius 3 is 2.26 bits per heavy atom. The van der Waals surface area contributed by atoms with Gasteiger partial charge in [0.05, 0.1) is 17.2 Å². The Labute approximate surface area is 111 Å². The summed E-state index contributed by atoms with van der Waals surface area (Å²) in [6, 6.07) is 7.96. The van der Waals surface area contributed by atoms with Crippen molar-refractivity contribution in [1.82, 2.24) is 5.32 Å². The van der Waals surface area contributed by atoms with Crippen molar-refractivity contribution in [1.29, 1.82) is 5.26 Å². The SMILES string of the molecule is CC(C)C(C)(C#N)NC(=O)c1ccccc1C(=O)O. The van der Waals surface area contributed by atoms with Gasteiger partial charge in [-0.2, -0.15) is 5.26 Å². The first-order chi connectivity index (χ1) is 8.81. The van der Waals surface area contributed by atoms with Crippen molar-refractivity contribution in [2.45, 2.75) is 26.3 Å². The molecule has 0 spiro atoms. The van der Waals surface area contributed by atoms with Crippen molar-refractivity contribution >= 4 is 11.9 Å². The molecule has 1 rings (SSSR count). The summed E-state index contributed by atoms with van der Waals surface area (Å²) >= 11 is 0. The predicted octanol–water partition coefficient (Wildman–Crippen LogP) is 2.05. The number of carbonyl (C=O) groups is 2. The minimum absolute atomic E-state index is 0.0529. The van der Waals surface area contributed by atoms with E-state index in [1.54, 1.807) is 19.1 Å². The second-order valence-corrected chi connectivity index (χ2v) is 4.77. The first-order valence-corrected chi connectivity index (χ1v) is 5.88. The summed E-state index contributed by atoms with van der Waals surface area (Å²) in [5, 5.41) is 20.8. The molecule has 1 atom stereocenters. The van der Waals surface area contributed by atoms with Gasteiger partial charge in [0.1, 0.15) is 5.54 Å². The van der Waals surface area contributed by atoms with Crippen LogP contribution in [-0.2, 0) is 0 Å². The van der Waals surface area contributed by atoms with Crippen LogP contribution >= 0.6 is 0 Å². The lowest BCUT2D eigenvalue weighted by atomic mass is 9.89. The predicted molar refractivity (Wildman–Crippen MR) is 69.7 cm³/mol. The van der Waals surface area contributed by atoms with Crippen LogP contribution in [0, 0.1) is 17.2 Å². The molecule has 1 aromatic rings. The molecule has 0 saturated carbocycles. The Morgan fingerprint density at radius 1 is 1.32 bits per heavy atom.